The van der Waals surface area contributed by atoms with Gasteiger partial charge in [-0.05, 0) is 68.4 Å². The highest BCUT2D eigenvalue weighted by atomic mass is 14.7. The fraction of sp³-hybridized carbons (Fsp3) is 0.0233. The first-order valence-corrected chi connectivity index (χ1v) is 15.4. The molecule has 1 aliphatic rings. The maximum atomic E-state index is 4.90. The number of benzene rings is 6. The van der Waals surface area contributed by atoms with E-state index in [0.717, 1.165) is 33.3 Å². The Morgan fingerprint density at radius 1 is 0.422 bits per heavy atom. The van der Waals surface area contributed by atoms with E-state index in [1.54, 1.807) is 0 Å². The zero-order chi connectivity index (χ0) is 29.8. The SMILES string of the molecule is c1cc(-c2cc3ccccc3cn2)cc(C2(c3cccc(-c4nccc5ccccc45)c3)c3ccccc3-c3ccccc32)c1. The molecule has 0 amide bonds. The minimum Gasteiger partial charge on any atom is -0.256 e. The Bertz CT molecular complexity index is 2350. The first-order valence-electron chi connectivity index (χ1n) is 15.4. The molecule has 0 unspecified atom stereocenters. The van der Waals surface area contributed by atoms with Crippen molar-refractivity contribution in [1.29, 1.82) is 0 Å². The molecule has 0 saturated heterocycles. The molecule has 0 N–H and O–H groups in total. The topological polar surface area (TPSA) is 25.8 Å². The summed E-state index contributed by atoms with van der Waals surface area (Å²) in [7, 11) is 0. The zero-order valence-electron chi connectivity index (χ0n) is 24.6. The molecule has 2 heteroatoms. The lowest BCUT2D eigenvalue weighted by atomic mass is 9.67. The highest BCUT2D eigenvalue weighted by Gasteiger charge is 2.46. The molecule has 0 bridgehead atoms. The average Bonchev–Trinajstić information content (AvgIpc) is 3.42. The van der Waals surface area contributed by atoms with Crippen LogP contribution in [0.3, 0.4) is 0 Å². The Balaban J connectivity index is 1.32. The summed E-state index contributed by atoms with van der Waals surface area (Å²) in [5.41, 5.74) is 11.2. The summed E-state index contributed by atoms with van der Waals surface area (Å²) in [4.78, 5) is 9.80. The van der Waals surface area contributed by atoms with Crippen LogP contribution in [0.25, 0.3) is 55.2 Å². The Labute approximate surface area is 262 Å². The van der Waals surface area contributed by atoms with Gasteiger partial charge in [0.15, 0.2) is 0 Å². The van der Waals surface area contributed by atoms with Crippen LogP contribution < -0.4 is 0 Å². The van der Waals surface area contributed by atoms with Gasteiger partial charge in [-0.25, -0.2) is 0 Å². The lowest BCUT2D eigenvalue weighted by Gasteiger charge is -2.34. The van der Waals surface area contributed by atoms with Gasteiger partial charge in [-0.2, -0.15) is 0 Å². The molecule has 2 aromatic heterocycles. The van der Waals surface area contributed by atoms with Crippen molar-refractivity contribution in [1.82, 2.24) is 9.97 Å². The number of pyridine rings is 2. The zero-order valence-corrected chi connectivity index (χ0v) is 24.6. The molecule has 2 heterocycles. The third-order valence-corrected chi connectivity index (χ3v) is 9.42. The van der Waals surface area contributed by atoms with Crippen molar-refractivity contribution >= 4 is 21.5 Å². The predicted molar refractivity (Wildman–Crippen MR) is 185 cm³/mol. The summed E-state index contributed by atoms with van der Waals surface area (Å²) in [5, 5.41) is 4.68. The van der Waals surface area contributed by atoms with Gasteiger partial charge in [0.1, 0.15) is 0 Å². The number of aromatic nitrogens is 2. The number of rotatable bonds is 4. The third-order valence-electron chi connectivity index (χ3n) is 9.42. The van der Waals surface area contributed by atoms with E-state index in [0.29, 0.717) is 0 Å². The van der Waals surface area contributed by atoms with E-state index in [2.05, 4.69) is 158 Å². The van der Waals surface area contributed by atoms with E-state index in [1.807, 2.05) is 12.4 Å². The lowest BCUT2D eigenvalue weighted by Crippen LogP contribution is -2.28. The van der Waals surface area contributed by atoms with Crippen molar-refractivity contribution in [3.8, 4) is 33.6 Å². The van der Waals surface area contributed by atoms with Gasteiger partial charge in [-0.1, -0.05) is 133 Å². The van der Waals surface area contributed by atoms with Crippen molar-refractivity contribution in [3.05, 3.63) is 192 Å². The van der Waals surface area contributed by atoms with E-state index < -0.39 is 5.41 Å². The fourth-order valence-corrected chi connectivity index (χ4v) is 7.43. The molecule has 45 heavy (non-hydrogen) atoms. The summed E-state index contributed by atoms with van der Waals surface area (Å²) >= 11 is 0. The van der Waals surface area contributed by atoms with E-state index in [9.17, 15) is 0 Å². The largest absolute Gasteiger partial charge is 0.256 e. The summed E-state index contributed by atoms with van der Waals surface area (Å²) in [6.07, 6.45) is 3.90. The van der Waals surface area contributed by atoms with Gasteiger partial charge in [0.05, 0.1) is 16.8 Å². The Hall–Kier alpha value is -5.86. The van der Waals surface area contributed by atoms with Crippen LogP contribution in [0.1, 0.15) is 22.3 Å². The summed E-state index contributed by atoms with van der Waals surface area (Å²) in [5.74, 6) is 0. The molecule has 2 nitrogen and oxygen atoms in total. The van der Waals surface area contributed by atoms with Crippen LogP contribution >= 0.6 is 0 Å². The van der Waals surface area contributed by atoms with Crippen molar-refractivity contribution in [3.63, 3.8) is 0 Å². The molecule has 0 radical (unpaired) electrons. The average molecular weight is 573 g/mol. The molecule has 0 saturated carbocycles. The maximum absolute atomic E-state index is 4.90. The van der Waals surface area contributed by atoms with Crippen LogP contribution in [-0.2, 0) is 5.41 Å². The third kappa shape index (κ3) is 3.89. The molecule has 0 aliphatic heterocycles. The molecule has 0 fully saturated rings. The van der Waals surface area contributed by atoms with Gasteiger partial charge in [-0.3, -0.25) is 9.97 Å². The molecule has 0 atom stereocenters. The quantitative estimate of drug-likeness (QED) is 0.210. The monoisotopic (exact) mass is 572 g/mol. The van der Waals surface area contributed by atoms with Gasteiger partial charge in [0, 0.05) is 34.3 Å². The summed E-state index contributed by atoms with van der Waals surface area (Å²) in [6, 6.07) is 57.0. The minimum atomic E-state index is -0.527. The van der Waals surface area contributed by atoms with Crippen LogP contribution in [0.5, 0.6) is 0 Å². The predicted octanol–water partition coefficient (Wildman–Crippen LogP) is 10.5. The molecular formula is C43H28N2. The molecule has 8 aromatic rings. The molecule has 210 valence electrons. The maximum Gasteiger partial charge on any atom is 0.0780 e. The second-order valence-electron chi connectivity index (χ2n) is 11.8. The first-order chi connectivity index (χ1) is 22.3. The highest BCUT2D eigenvalue weighted by Crippen LogP contribution is 2.56. The van der Waals surface area contributed by atoms with Gasteiger partial charge in [0.2, 0.25) is 0 Å². The molecule has 0 spiro atoms. The van der Waals surface area contributed by atoms with Gasteiger partial charge >= 0.3 is 0 Å². The van der Waals surface area contributed by atoms with Crippen molar-refractivity contribution in [2.45, 2.75) is 5.41 Å². The summed E-state index contributed by atoms with van der Waals surface area (Å²) in [6.45, 7) is 0. The second-order valence-corrected chi connectivity index (χ2v) is 11.8. The van der Waals surface area contributed by atoms with Crippen LogP contribution in [-0.4, -0.2) is 9.97 Å². The smallest absolute Gasteiger partial charge is 0.0780 e. The number of hydrogen-bond donors (Lipinski definition) is 0. The normalized spacial score (nSPS) is 13.1. The fourth-order valence-electron chi connectivity index (χ4n) is 7.43. The van der Waals surface area contributed by atoms with E-state index >= 15 is 0 Å². The standard InChI is InChI=1S/C43H28N2/c1-2-13-33-28-45-41(27-30(33)12-1)31-14-9-16-34(25-31)43(39-21-7-5-19-37(39)38-20-6-8-22-40(38)43)35-17-10-15-32(26-35)42-36-18-4-3-11-29(36)23-24-44-42/h1-28H. The van der Waals surface area contributed by atoms with Crippen molar-refractivity contribution in [2.24, 2.45) is 0 Å². The molecular weight excluding hydrogens is 544 g/mol. The first kappa shape index (κ1) is 25.6. The Morgan fingerprint density at radius 3 is 1.78 bits per heavy atom. The van der Waals surface area contributed by atoms with Gasteiger partial charge in [-0.15, -0.1) is 0 Å². The van der Waals surface area contributed by atoms with E-state index in [-0.39, 0.29) is 0 Å². The summed E-state index contributed by atoms with van der Waals surface area (Å²) < 4.78 is 0. The number of nitrogens with zero attached hydrogens (tertiary/aromatic N) is 2. The Kier molecular flexibility index (Phi) is 5.76. The number of hydrogen-bond acceptors (Lipinski definition) is 2. The van der Waals surface area contributed by atoms with Gasteiger partial charge in [0.25, 0.3) is 0 Å². The molecule has 9 rings (SSSR count). The van der Waals surface area contributed by atoms with Gasteiger partial charge < -0.3 is 0 Å². The van der Waals surface area contributed by atoms with Crippen molar-refractivity contribution < 1.29 is 0 Å². The lowest BCUT2D eigenvalue weighted by molar-refractivity contribution is 0.769. The van der Waals surface area contributed by atoms with Crippen LogP contribution in [0, 0.1) is 0 Å². The minimum absolute atomic E-state index is 0.527. The van der Waals surface area contributed by atoms with E-state index in [4.69, 9.17) is 9.97 Å². The van der Waals surface area contributed by atoms with Crippen LogP contribution in [0.2, 0.25) is 0 Å². The van der Waals surface area contributed by atoms with Crippen LogP contribution in [0.4, 0.5) is 0 Å². The molecule has 1 aliphatic carbocycles. The van der Waals surface area contributed by atoms with Crippen molar-refractivity contribution in [2.75, 3.05) is 0 Å². The molecule has 6 aromatic carbocycles. The highest BCUT2D eigenvalue weighted by molar-refractivity contribution is 5.95. The Morgan fingerprint density at radius 2 is 1.02 bits per heavy atom. The number of fused-ring (bicyclic) bond motifs is 5. The van der Waals surface area contributed by atoms with Crippen LogP contribution in [0.15, 0.2) is 170 Å². The second kappa shape index (κ2) is 10.1. The van der Waals surface area contributed by atoms with E-state index in [1.165, 1.54) is 44.2 Å².